The number of fused-ring (bicyclic) bond motifs is 2. The minimum absolute atomic E-state index is 0.189. The van der Waals surface area contributed by atoms with E-state index in [1.807, 2.05) is 12.1 Å². The third-order valence-corrected chi connectivity index (χ3v) is 5.31. The van der Waals surface area contributed by atoms with E-state index in [0.29, 0.717) is 10.6 Å². The van der Waals surface area contributed by atoms with E-state index in [1.165, 1.54) is 17.8 Å². The number of halogens is 3. The second-order valence-corrected chi connectivity index (χ2v) is 7.68. The lowest BCUT2D eigenvalue weighted by atomic mass is 10.1. The van der Waals surface area contributed by atoms with Crippen LogP contribution in [0.4, 0.5) is 24.5 Å². The lowest BCUT2D eigenvalue weighted by molar-refractivity contribution is -0.137. The standard InChI is InChI=1S/C16H14F3NO4S2/c17-16(18,19)11-6-7-15-13(10-11)20(8-3-9-24-26(21,22)23)12-4-1-2-5-14(12)25-15/h1-2,4-7,10H,3,8-9H2,(H,21,22,23). The summed E-state index contributed by atoms with van der Waals surface area (Å²) in [4.78, 5) is 3.26. The van der Waals surface area contributed by atoms with Gasteiger partial charge in [0.15, 0.2) is 0 Å². The van der Waals surface area contributed by atoms with Crippen molar-refractivity contribution in [3.8, 4) is 0 Å². The average Bonchev–Trinajstić information content (AvgIpc) is 2.55. The summed E-state index contributed by atoms with van der Waals surface area (Å²) in [5.74, 6) is 0. The summed E-state index contributed by atoms with van der Waals surface area (Å²) >= 11 is 1.37. The van der Waals surface area contributed by atoms with Crippen LogP contribution < -0.4 is 4.90 Å². The quantitative estimate of drug-likeness (QED) is 0.583. The van der Waals surface area contributed by atoms with Crippen molar-refractivity contribution in [2.75, 3.05) is 18.1 Å². The van der Waals surface area contributed by atoms with Gasteiger partial charge in [0.1, 0.15) is 0 Å². The van der Waals surface area contributed by atoms with Crippen LogP contribution in [0.25, 0.3) is 0 Å². The molecule has 0 spiro atoms. The third-order valence-electron chi connectivity index (χ3n) is 3.71. The molecule has 0 bridgehead atoms. The highest BCUT2D eigenvalue weighted by Crippen LogP contribution is 2.49. The summed E-state index contributed by atoms with van der Waals surface area (Å²) < 4.78 is 73.4. The first-order chi connectivity index (χ1) is 12.1. The third kappa shape index (κ3) is 4.32. The van der Waals surface area contributed by atoms with E-state index in [9.17, 15) is 21.6 Å². The van der Waals surface area contributed by atoms with E-state index in [2.05, 4.69) is 4.18 Å². The lowest BCUT2D eigenvalue weighted by Gasteiger charge is -2.33. The van der Waals surface area contributed by atoms with Crippen molar-refractivity contribution in [2.24, 2.45) is 0 Å². The zero-order chi connectivity index (χ0) is 18.9. The van der Waals surface area contributed by atoms with Crippen LogP contribution in [0.15, 0.2) is 52.3 Å². The molecular formula is C16H14F3NO4S2. The molecule has 0 saturated heterocycles. The Bertz CT molecular complexity index is 916. The van der Waals surface area contributed by atoms with Crippen LogP contribution in [0.3, 0.4) is 0 Å². The van der Waals surface area contributed by atoms with Crippen LogP contribution in [0.1, 0.15) is 12.0 Å². The lowest BCUT2D eigenvalue weighted by Crippen LogP contribution is -2.24. The molecule has 2 aromatic carbocycles. The smallest absolute Gasteiger partial charge is 0.340 e. The Hall–Kier alpha value is -1.75. The number of anilines is 2. The van der Waals surface area contributed by atoms with E-state index >= 15 is 0 Å². The highest BCUT2D eigenvalue weighted by molar-refractivity contribution is 7.99. The van der Waals surface area contributed by atoms with Gasteiger partial charge in [-0.2, -0.15) is 21.6 Å². The SMILES string of the molecule is O=S(=O)(O)OCCCN1c2ccccc2Sc2ccc(C(F)(F)F)cc21. The largest absolute Gasteiger partial charge is 0.416 e. The fourth-order valence-electron chi connectivity index (χ4n) is 2.63. The summed E-state index contributed by atoms with van der Waals surface area (Å²) in [6.45, 7) is -0.0552. The Morgan fingerprint density at radius 3 is 2.46 bits per heavy atom. The van der Waals surface area contributed by atoms with Crippen molar-refractivity contribution < 1.29 is 30.3 Å². The maximum absolute atomic E-state index is 13.1. The molecule has 0 fully saturated rings. The Morgan fingerprint density at radius 1 is 1.08 bits per heavy atom. The number of hydrogen-bond donors (Lipinski definition) is 1. The number of alkyl halides is 3. The van der Waals surface area contributed by atoms with Crippen molar-refractivity contribution in [1.82, 2.24) is 0 Å². The molecule has 5 nitrogen and oxygen atoms in total. The molecule has 1 heterocycles. The maximum atomic E-state index is 13.1. The van der Waals surface area contributed by atoms with E-state index in [0.717, 1.165) is 22.7 Å². The van der Waals surface area contributed by atoms with Gasteiger partial charge in [0, 0.05) is 16.3 Å². The van der Waals surface area contributed by atoms with Crippen LogP contribution in [-0.2, 0) is 20.8 Å². The molecule has 1 N–H and O–H groups in total. The van der Waals surface area contributed by atoms with E-state index in [4.69, 9.17) is 4.55 Å². The molecule has 0 saturated carbocycles. The normalized spacial score (nSPS) is 14.1. The van der Waals surface area contributed by atoms with Gasteiger partial charge in [0.05, 0.1) is 23.5 Å². The summed E-state index contributed by atoms with van der Waals surface area (Å²) in [6.07, 6.45) is -4.27. The minimum Gasteiger partial charge on any atom is -0.340 e. The van der Waals surface area contributed by atoms with Gasteiger partial charge >= 0.3 is 16.6 Å². The fraction of sp³-hybridized carbons (Fsp3) is 0.250. The van der Waals surface area contributed by atoms with Crippen molar-refractivity contribution >= 4 is 33.5 Å². The molecule has 140 valence electrons. The van der Waals surface area contributed by atoms with Crippen molar-refractivity contribution in [3.63, 3.8) is 0 Å². The van der Waals surface area contributed by atoms with Crippen LogP contribution in [0.2, 0.25) is 0 Å². The Labute approximate surface area is 152 Å². The summed E-state index contributed by atoms with van der Waals surface area (Å²) in [6, 6.07) is 10.8. The average molecular weight is 405 g/mol. The molecular weight excluding hydrogens is 391 g/mol. The molecule has 26 heavy (non-hydrogen) atoms. The second kappa shape index (κ2) is 7.10. The predicted molar refractivity (Wildman–Crippen MR) is 91.1 cm³/mol. The Morgan fingerprint density at radius 2 is 1.77 bits per heavy atom. The highest BCUT2D eigenvalue weighted by Gasteiger charge is 2.33. The second-order valence-electron chi connectivity index (χ2n) is 5.50. The van der Waals surface area contributed by atoms with Gasteiger partial charge in [-0.05, 0) is 36.8 Å². The highest BCUT2D eigenvalue weighted by atomic mass is 32.3. The van der Waals surface area contributed by atoms with Crippen molar-refractivity contribution in [3.05, 3.63) is 48.0 Å². The van der Waals surface area contributed by atoms with Gasteiger partial charge in [0.2, 0.25) is 0 Å². The molecule has 1 aliphatic rings. The monoisotopic (exact) mass is 405 g/mol. The molecule has 2 aromatic rings. The van der Waals surface area contributed by atoms with Gasteiger partial charge in [-0.1, -0.05) is 23.9 Å². The van der Waals surface area contributed by atoms with Gasteiger partial charge in [0.25, 0.3) is 0 Å². The van der Waals surface area contributed by atoms with Crippen molar-refractivity contribution in [2.45, 2.75) is 22.4 Å². The van der Waals surface area contributed by atoms with Gasteiger partial charge < -0.3 is 4.90 Å². The van der Waals surface area contributed by atoms with Gasteiger partial charge in [-0.15, -0.1) is 0 Å². The van der Waals surface area contributed by atoms with Crippen LogP contribution >= 0.6 is 11.8 Å². The molecule has 0 aromatic heterocycles. The first-order valence-corrected chi connectivity index (χ1v) is 9.71. The summed E-state index contributed by atoms with van der Waals surface area (Å²) in [5, 5.41) is 0. The number of nitrogens with zero attached hydrogens (tertiary/aromatic N) is 1. The zero-order valence-electron chi connectivity index (χ0n) is 13.2. The zero-order valence-corrected chi connectivity index (χ0v) is 14.9. The molecule has 3 rings (SSSR count). The van der Waals surface area contributed by atoms with E-state index in [-0.39, 0.29) is 19.6 Å². The summed E-state index contributed by atoms with van der Waals surface area (Å²) in [7, 11) is -4.55. The Balaban J connectivity index is 1.91. The first kappa shape index (κ1) is 19.0. The molecule has 1 aliphatic heterocycles. The molecule has 0 unspecified atom stereocenters. The van der Waals surface area contributed by atoms with E-state index in [1.54, 1.807) is 17.0 Å². The number of rotatable bonds is 5. The maximum Gasteiger partial charge on any atom is 0.416 e. The molecule has 0 amide bonds. The molecule has 10 heteroatoms. The minimum atomic E-state index is -4.55. The first-order valence-electron chi connectivity index (χ1n) is 7.53. The van der Waals surface area contributed by atoms with Crippen molar-refractivity contribution in [1.29, 1.82) is 0 Å². The molecule has 0 aliphatic carbocycles. The summed E-state index contributed by atoms with van der Waals surface area (Å²) in [5.41, 5.74) is 0.377. The number of benzene rings is 2. The van der Waals surface area contributed by atoms with E-state index < -0.39 is 22.1 Å². The number of para-hydroxylation sites is 1. The van der Waals surface area contributed by atoms with Crippen LogP contribution in [-0.4, -0.2) is 26.1 Å². The Kier molecular flexibility index (Phi) is 5.20. The van der Waals surface area contributed by atoms with Crippen LogP contribution in [0, 0.1) is 0 Å². The molecule has 0 atom stereocenters. The molecule has 0 radical (unpaired) electrons. The van der Waals surface area contributed by atoms with Gasteiger partial charge in [-0.3, -0.25) is 4.55 Å². The van der Waals surface area contributed by atoms with Gasteiger partial charge in [-0.25, -0.2) is 4.18 Å². The fourth-order valence-corrected chi connectivity index (χ4v) is 4.04. The van der Waals surface area contributed by atoms with Crippen LogP contribution in [0.5, 0.6) is 0 Å². The predicted octanol–water partition coefficient (Wildman–Crippen LogP) is 4.52. The topological polar surface area (TPSA) is 66.8 Å². The number of hydrogen-bond acceptors (Lipinski definition) is 5.